The largest absolute Gasteiger partial charge is 0.353 e. The van der Waals surface area contributed by atoms with Crippen LogP contribution in [0.2, 0.25) is 0 Å². The molecule has 0 aromatic heterocycles. The quantitative estimate of drug-likeness (QED) is 0.717. The summed E-state index contributed by atoms with van der Waals surface area (Å²) in [4.78, 5) is 11.4. The number of hydrogen-bond acceptors (Lipinski definition) is 3. The molecule has 3 nitrogen and oxygen atoms in total. The van der Waals surface area contributed by atoms with Gasteiger partial charge < -0.3 is 9.47 Å². The van der Waals surface area contributed by atoms with Crippen LogP contribution in [-0.4, -0.2) is 24.8 Å². The van der Waals surface area contributed by atoms with Gasteiger partial charge in [0.2, 0.25) is 0 Å². The summed E-state index contributed by atoms with van der Waals surface area (Å²) in [7, 11) is 0. The predicted octanol–water partition coefficient (Wildman–Crippen LogP) is 3.76. The molecule has 21 heavy (non-hydrogen) atoms. The fraction of sp³-hybridized carbons (Fsp3) is 0.611. The van der Waals surface area contributed by atoms with E-state index in [2.05, 4.69) is 24.3 Å². The van der Waals surface area contributed by atoms with Crippen LogP contribution in [0.15, 0.2) is 30.3 Å². The zero-order valence-corrected chi connectivity index (χ0v) is 13.1. The zero-order valence-electron chi connectivity index (χ0n) is 13.1. The number of benzene rings is 1. The van der Waals surface area contributed by atoms with E-state index in [1.54, 1.807) is 0 Å². The first-order chi connectivity index (χ1) is 10.2. The molecule has 1 aromatic carbocycles. The van der Waals surface area contributed by atoms with E-state index in [0.29, 0.717) is 31.1 Å². The summed E-state index contributed by atoms with van der Waals surface area (Å²) in [6.45, 7) is 4.59. The van der Waals surface area contributed by atoms with Crippen molar-refractivity contribution in [1.82, 2.24) is 0 Å². The average molecular weight is 290 g/mol. The van der Waals surface area contributed by atoms with E-state index in [1.807, 2.05) is 19.9 Å². The van der Waals surface area contributed by atoms with Gasteiger partial charge in [-0.3, -0.25) is 4.79 Å². The summed E-state index contributed by atoms with van der Waals surface area (Å²) in [6, 6.07) is 10.4. The van der Waals surface area contributed by atoms with Crippen molar-refractivity contribution in [1.29, 1.82) is 0 Å². The van der Waals surface area contributed by atoms with Crippen molar-refractivity contribution in [3.63, 3.8) is 0 Å². The topological polar surface area (TPSA) is 35.5 Å². The highest BCUT2D eigenvalue weighted by Gasteiger charge is 2.28. The van der Waals surface area contributed by atoms with Crippen molar-refractivity contribution >= 4 is 5.78 Å². The Hall–Kier alpha value is -1.19. The molecular formula is C18H26O3. The van der Waals surface area contributed by atoms with E-state index < -0.39 is 0 Å². The number of ether oxygens (including phenoxy) is 2. The Morgan fingerprint density at radius 3 is 2.48 bits per heavy atom. The maximum Gasteiger partial charge on any atom is 0.155 e. The van der Waals surface area contributed by atoms with Crippen LogP contribution in [0.1, 0.15) is 45.1 Å². The Morgan fingerprint density at radius 1 is 1.19 bits per heavy atom. The monoisotopic (exact) mass is 290 g/mol. The van der Waals surface area contributed by atoms with Crippen LogP contribution in [0.25, 0.3) is 0 Å². The second-order valence-electron chi connectivity index (χ2n) is 5.76. The molecule has 0 saturated heterocycles. The molecule has 1 saturated carbocycles. The molecule has 2 unspecified atom stereocenters. The van der Waals surface area contributed by atoms with E-state index in [0.717, 1.165) is 19.3 Å². The SMILES string of the molecule is CCOC(C)OC(Cc1ccccc1)C1CCC(=O)CC1. The Kier molecular flexibility index (Phi) is 6.40. The molecule has 0 spiro atoms. The zero-order chi connectivity index (χ0) is 15.1. The number of carbonyl (C=O) groups is 1. The first-order valence-corrected chi connectivity index (χ1v) is 8.01. The fourth-order valence-electron chi connectivity index (χ4n) is 3.03. The summed E-state index contributed by atoms with van der Waals surface area (Å²) in [5.41, 5.74) is 1.28. The molecule has 2 atom stereocenters. The van der Waals surface area contributed by atoms with Crippen molar-refractivity contribution in [3.8, 4) is 0 Å². The molecule has 1 aliphatic rings. The van der Waals surface area contributed by atoms with Crippen molar-refractivity contribution in [2.75, 3.05) is 6.61 Å². The van der Waals surface area contributed by atoms with Crippen molar-refractivity contribution in [3.05, 3.63) is 35.9 Å². The third-order valence-electron chi connectivity index (χ3n) is 4.16. The van der Waals surface area contributed by atoms with Crippen LogP contribution in [0.4, 0.5) is 0 Å². The van der Waals surface area contributed by atoms with Crippen LogP contribution in [0.3, 0.4) is 0 Å². The van der Waals surface area contributed by atoms with Crippen LogP contribution >= 0.6 is 0 Å². The van der Waals surface area contributed by atoms with E-state index in [9.17, 15) is 4.79 Å². The third kappa shape index (κ3) is 5.25. The van der Waals surface area contributed by atoms with Gasteiger partial charge in [-0.25, -0.2) is 0 Å². The number of ketones is 1. The summed E-state index contributed by atoms with van der Waals surface area (Å²) < 4.78 is 11.7. The molecular weight excluding hydrogens is 264 g/mol. The minimum absolute atomic E-state index is 0.127. The number of Topliss-reactive ketones (excluding diaryl/α,β-unsaturated/α-hetero) is 1. The summed E-state index contributed by atoms with van der Waals surface area (Å²) >= 11 is 0. The molecule has 1 aromatic rings. The average Bonchev–Trinajstić information content (AvgIpc) is 2.49. The first kappa shape index (κ1) is 16.2. The smallest absolute Gasteiger partial charge is 0.155 e. The summed E-state index contributed by atoms with van der Waals surface area (Å²) in [5.74, 6) is 0.841. The van der Waals surface area contributed by atoms with Gasteiger partial charge in [0, 0.05) is 19.4 Å². The van der Waals surface area contributed by atoms with E-state index in [-0.39, 0.29) is 12.4 Å². The molecule has 1 aliphatic carbocycles. The summed E-state index contributed by atoms with van der Waals surface area (Å²) in [5, 5.41) is 0. The second-order valence-corrected chi connectivity index (χ2v) is 5.76. The molecule has 1 fully saturated rings. The van der Waals surface area contributed by atoms with Crippen molar-refractivity contribution in [2.45, 2.75) is 58.3 Å². The maximum atomic E-state index is 11.4. The summed E-state index contributed by atoms with van der Waals surface area (Å²) in [6.07, 6.45) is 4.09. The van der Waals surface area contributed by atoms with Gasteiger partial charge in [0.15, 0.2) is 6.29 Å². The lowest BCUT2D eigenvalue weighted by molar-refractivity contribution is -0.172. The van der Waals surface area contributed by atoms with Crippen LogP contribution < -0.4 is 0 Å². The number of rotatable bonds is 7. The van der Waals surface area contributed by atoms with Crippen LogP contribution in [-0.2, 0) is 20.7 Å². The van der Waals surface area contributed by atoms with Gasteiger partial charge in [-0.2, -0.15) is 0 Å². The molecule has 0 aliphatic heterocycles. The van der Waals surface area contributed by atoms with Gasteiger partial charge in [0.05, 0.1) is 6.10 Å². The lowest BCUT2D eigenvalue weighted by Gasteiger charge is -2.32. The van der Waals surface area contributed by atoms with E-state index >= 15 is 0 Å². The highest BCUT2D eigenvalue weighted by atomic mass is 16.7. The highest BCUT2D eigenvalue weighted by Crippen LogP contribution is 2.29. The molecule has 0 heterocycles. The second kappa shape index (κ2) is 8.30. The molecule has 3 heteroatoms. The number of hydrogen-bond donors (Lipinski definition) is 0. The van der Waals surface area contributed by atoms with Crippen LogP contribution in [0, 0.1) is 5.92 Å². The normalized spacial score (nSPS) is 19.4. The van der Waals surface area contributed by atoms with Gasteiger partial charge in [0.1, 0.15) is 5.78 Å². The van der Waals surface area contributed by atoms with Gasteiger partial charge in [-0.05, 0) is 44.6 Å². The minimum atomic E-state index is -0.193. The maximum absolute atomic E-state index is 11.4. The Bertz CT molecular complexity index is 419. The molecule has 0 bridgehead atoms. The molecule has 0 amide bonds. The van der Waals surface area contributed by atoms with Crippen molar-refractivity contribution < 1.29 is 14.3 Å². The van der Waals surface area contributed by atoms with E-state index in [1.165, 1.54) is 5.56 Å². The van der Waals surface area contributed by atoms with Gasteiger partial charge in [-0.15, -0.1) is 0 Å². The third-order valence-corrected chi connectivity index (χ3v) is 4.16. The number of carbonyl (C=O) groups excluding carboxylic acids is 1. The molecule has 0 radical (unpaired) electrons. The minimum Gasteiger partial charge on any atom is -0.353 e. The molecule has 0 N–H and O–H groups in total. The lowest BCUT2D eigenvalue weighted by atomic mass is 9.82. The van der Waals surface area contributed by atoms with Crippen molar-refractivity contribution in [2.24, 2.45) is 5.92 Å². The Balaban J connectivity index is 2.00. The first-order valence-electron chi connectivity index (χ1n) is 8.01. The van der Waals surface area contributed by atoms with Gasteiger partial charge >= 0.3 is 0 Å². The predicted molar refractivity (Wildman–Crippen MR) is 83.1 cm³/mol. The fourth-order valence-corrected chi connectivity index (χ4v) is 3.03. The molecule has 2 rings (SSSR count). The Morgan fingerprint density at radius 2 is 1.86 bits per heavy atom. The van der Waals surface area contributed by atoms with E-state index in [4.69, 9.17) is 9.47 Å². The highest BCUT2D eigenvalue weighted by molar-refractivity contribution is 5.79. The lowest BCUT2D eigenvalue weighted by Crippen LogP contribution is -2.33. The molecule has 116 valence electrons. The standard InChI is InChI=1S/C18H26O3/c1-3-20-14(2)21-18(13-15-7-5-4-6-8-15)16-9-11-17(19)12-10-16/h4-8,14,16,18H,3,9-13H2,1-2H3. The van der Waals surface area contributed by atoms with Gasteiger partial charge in [0.25, 0.3) is 0 Å². The van der Waals surface area contributed by atoms with Gasteiger partial charge in [-0.1, -0.05) is 30.3 Å². The van der Waals surface area contributed by atoms with Crippen LogP contribution in [0.5, 0.6) is 0 Å². The Labute approximate surface area is 127 Å².